The van der Waals surface area contributed by atoms with Gasteiger partial charge in [-0.15, -0.1) is 0 Å². The molecule has 2 nitrogen and oxygen atoms in total. The topological polar surface area (TPSA) is 21.3 Å². The Bertz CT molecular complexity index is 125. The van der Waals surface area contributed by atoms with E-state index in [9.17, 15) is 0 Å². The standard InChI is InChI=1S/C9H23NOSi/c1-7-10-12(6,11-8-2)9(3,4)5/h10H,7-8H2,1-6H3. The minimum Gasteiger partial charge on any atom is -0.403 e. The number of nitrogens with one attached hydrogen (secondary N) is 1. The van der Waals surface area contributed by atoms with Crippen LogP contribution >= 0.6 is 0 Å². The van der Waals surface area contributed by atoms with Crippen molar-refractivity contribution >= 4 is 8.48 Å². The van der Waals surface area contributed by atoms with E-state index in [1.54, 1.807) is 0 Å². The molecule has 0 aliphatic carbocycles. The van der Waals surface area contributed by atoms with Crippen molar-refractivity contribution in [1.29, 1.82) is 0 Å². The van der Waals surface area contributed by atoms with Gasteiger partial charge in [-0.2, -0.15) is 0 Å². The van der Waals surface area contributed by atoms with Gasteiger partial charge >= 0.3 is 0 Å². The van der Waals surface area contributed by atoms with Gasteiger partial charge in [-0.3, -0.25) is 0 Å². The largest absolute Gasteiger partial charge is 0.403 e. The van der Waals surface area contributed by atoms with E-state index in [1.807, 2.05) is 0 Å². The second-order valence-corrected chi connectivity index (χ2v) is 8.46. The Morgan fingerprint density at radius 1 is 1.25 bits per heavy atom. The first-order chi connectivity index (χ1) is 5.37. The lowest BCUT2D eigenvalue weighted by Gasteiger charge is -2.39. The Balaban J connectivity index is 4.38. The minimum atomic E-state index is -1.70. The van der Waals surface area contributed by atoms with E-state index in [1.165, 1.54) is 0 Å². The molecule has 0 aromatic rings. The third kappa shape index (κ3) is 2.88. The van der Waals surface area contributed by atoms with Crippen LogP contribution in [-0.4, -0.2) is 21.6 Å². The smallest absolute Gasteiger partial charge is 0.270 e. The van der Waals surface area contributed by atoms with E-state index in [-0.39, 0.29) is 5.04 Å². The summed E-state index contributed by atoms with van der Waals surface area (Å²) in [5, 5.41) is 0.263. The zero-order chi connectivity index (χ0) is 9.83. The van der Waals surface area contributed by atoms with Gasteiger partial charge in [0, 0.05) is 6.61 Å². The molecule has 0 amide bonds. The van der Waals surface area contributed by atoms with Crippen molar-refractivity contribution in [3.63, 3.8) is 0 Å². The van der Waals surface area contributed by atoms with E-state index in [4.69, 9.17) is 4.43 Å². The summed E-state index contributed by atoms with van der Waals surface area (Å²) in [5.41, 5.74) is 0. The number of hydrogen-bond donors (Lipinski definition) is 1. The number of rotatable bonds is 4. The molecule has 1 N–H and O–H groups in total. The molecule has 12 heavy (non-hydrogen) atoms. The quantitative estimate of drug-likeness (QED) is 0.686. The van der Waals surface area contributed by atoms with Crippen molar-refractivity contribution in [3.05, 3.63) is 0 Å². The molecule has 0 saturated heterocycles. The van der Waals surface area contributed by atoms with Crippen LogP contribution < -0.4 is 4.98 Å². The van der Waals surface area contributed by atoms with Crippen LogP contribution in [0.25, 0.3) is 0 Å². The van der Waals surface area contributed by atoms with Crippen LogP contribution in [0.15, 0.2) is 0 Å². The van der Waals surface area contributed by atoms with Crippen LogP contribution in [0.3, 0.4) is 0 Å². The molecular weight excluding hydrogens is 166 g/mol. The highest BCUT2D eigenvalue weighted by Gasteiger charge is 2.41. The Morgan fingerprint density at radius 2 is 1.75 bits per heavy atom. The first kappa shape index (κ1) is 12.1. The summed E-state index contributed by atoms with van der Waals surface area (Å²) < 4.78 is 5.86. The van der Waals surface area contributed by atoms with Gasteiger partial charge in [0.05, 0.1) is 0 Å². The molecule has 0 heterocycles. The Morgan fingerprint density at radius 3 is 2.00 bits per heavy atom. The summed E-state index contributed by atoms with van der Waals surface area (Å²) in [4.78, 5) is 3.52. The van der Waals surface area contributed by atoms with Crippen LogP contribution in [-0.2, 0) is 4.43 Å². The lowest BCUT2D eigenvalue weighted by atomic mass is 10.2. The van der Waals surface area contributed by atoms with Gasteiger partial charge in [-0.25, -0.2) is 0 Å². The molecule has 0 aliphatic rings. The van der Waals surface area contributed by atoms with Crippen molar-refractivity contribution in [2.75, 3.05) is 13.2 Å². The van der Waals surface area contributed by atoms with Crippen LogP contribution in [0.1, 0.15) is 34.6 Å². The molecule has 0 saturated carbocycles. The highest BCUT2D eigenvalue weighted by Crippen LogP contribution is 2.34. The van der Waals surface area contributed by atoms with Crippen molar-refractivity contribution in [2.45, 2.75) is 46.2 Å². The maximum absolute atomic E-state index is 5.86. The van der Waals surface area contributed by atoms with E-state index < -0.39 is 8.48 Å². The summed E-state index contributed by atoms with van der Waals surface area (Å²) in [6.45, 7) is 15.0. The van der Waals surface area contributed by atoms with Gasteiger partial charge in [0.25, 0.3) is 8.48 Å². The van der Waals surface area contributed by atoms with Gasteiger partial charge in [-0.1, -0.05) is 27.7 Å². The fourth-order valence-corrected chi connectivity index (χ4v) is 3.48. The van der Waals surface area contributed by atoms with Gasteiger partial charge < -0.3 is 9.41 Å². The minimum absolute atomic E-state index is 0.263. The van der Waals surface area contributed by atoms with Crippen LogP contribution in [0.5, 0.6) is 0 Å². The van der Waals surface area contributed by atoms with Gasteiger partial charge in [0.15, 0.2) is 0 Å². The summed E-state index contributed by atoms with van der Waals surface area (Å²) in [6, 6.07) is 0. The molecule has 0 spiro atoms. The van der Waals surface area contributed by atoms with E-state index in [0.29, 0.717) is 0 Å². The molecule has 0 aliphatic heterocycles. The number of hydrogen-bond acceptors (Lipinski definition) is 2. The van der Waals surface area contributed by atoms with Crippen molar-refractivity contribution in [1.82, 2.24) is 4.98 Å². The molecule has 0 rings (SSSR count). The second kappa shape index (κ2) is 4.39. The fraction of sp³-hybridized carbons (Fsp3) is 1.00. The van der Waals surface area contributed by atoms with Crippen molar-refractivity contribution in [3.8, 4) is 0 Å². The molecule has 74 valence electrons. The van der Waals surface area contributed by atoms with Crippen molar-refractivity contribution < 1.29 is 4.43 Å². The fourth-order valence-electron chi connectivity index (χ4n) is 1.16. The molecule has 0 aromatic heterocycles. The molecule has 1 atom stereocenters. The van der Waals surface area contributed by atoms with E-state index in [2.05, 4.69) is 46.1 Å². The predicted molar refractivity (Wildman–Crippen MR) is 56.6 cm³/mol. The Kier molecular flexibility index (Phi) is 4.44. The van der Waals surface area contributed by atoms with Crippen molar-refractivity contribution in [2.24, 2.45) is 0 Å². The maximum Gasteiger partial charge on any atom is 0.270 e. The normalized spacial score (nSPS) is 17.5. The summed E-state index contributed by atoms with van der Waals surface area (Å²) >= 11 is 0. The Labute approximate surface area is 77.9 Å². The molecule has 1 unspecified atom stereocenters. The molecule has 0 fully saturated rings. The van der Waals surface area contributed by atoms with Gasteiger partial charge in [0.2, 0.25) is 0 Å². The first-order valence-electron chi connectivity index (χ1n) is 4.76. The average molecular weight is 189 g/mol. The third-order valence-electron chi connectivity index (χ3n) is 2.38. The monoisotopic (exact) mass is 189 g/mol. The summed E-state index contributed by atoms with van der Waals surface area (Å²) in [6.07, 6.45) is 0. The average Bonchev–Trinajstić information content (AvgIpc) is 1.86. The maximum atomic E-state index is 5.86. The SMILES string of the molecule is CCN[Si](C)(OCC)C(C)(C)C. The van der Waals surface area contributed by atoms with Crippen LogP contribution in [0.4, 0.5) is 0 Å². The second-order valence-electron chi connectivity index (χ2n) is 4.25. The third-order valence-corrected chi connectivity index (χ3v) is 7.13. The summed E-state index contributed by atoms with van der Waals surface area (Å²) in [5.74, 6) is 0. The highest BCUT2D eigenvalue weighted by atomic mass is 28.4. The predicted octanol–water partition coefficient (Wildman–Crippen LogP) is 2.50. The molecular formula is C9H23NOSi. The van der Waals surface area contributed by atoms with Gasteiger partial charge in [-0.05, 0) is 25.1 Å². The zero-order valence-corrected chi connectivity index (χ0v) is 10.3. The first-order valence-corrected chi connectivity index (χ1v) is 7.17. The van der Waals surface area contributed by atoms with E-state index in [0.717, 1.165) is 13.2 Å². The van der Waals surface area contributed by atoms with Crippen LogP contribution in [0.2, 0.25) is 11.6 Å². The van der Waals surface area contributed by atoms with Gasteiger partial charge in [0.1, 0.15) is 0 Å². The van der Waals surface area contributed by atoms with E-state index >= 15 is 0 Å². The lowest BCUT2D eigenvalue weighted by molar-refractivity contribution is 0.292. The molecule has 3 heteroatoms. The zero-order valence-electron chi connectivity index (χ0n) is 9.32. The molecule has 0 radical (unpaired) electrons. The lowest BCUT2D eigenvalue weighted by Crippen LogP contribution is -2.57. The van der Waals surface area contributed by atoms with Crippen LogP contribution in [0, 0.1) is 0 Å². The summed E-state index contributed by atoms with van der Waals surface area (Å²) in [7, 11) is -1.70. The Hall–Kier alpha value is 0.137. The molecule has 0 aromatic carbocycles. The highest BCUT2D eigenvalue weighted by molar-refractivity contribution is 6.72. The molecule has 0 bridgehead atoms.